The normalized spacial score (nSPS) is 40.3. The van der Waals surface area contributed by atoms with E-state index in [1.165, 1.54) is 25.7 Å². The molecule has 1 aliphatic carbocycles. The molecule has 3 heteroatoms. The first kappa shape index (κ1) is 15.3. The summed E-state index contributed by atoms with van der Waals surface area (Å²) in [5.41, 5.74) is 0.210. The topological polar surface area (TPSA) is 27.7 Å². The zero-order valence-corrected chi connectivity index (χ0v) is 12.8. The lowest BCUT2D eigenvalue weighted by Crippen LogP contribution is -2.46. The van der Waals surface area contributed by atoms with E-state index in [2.05, 4.69) is 20.8 Å². The van der Waals surface area contributed by atoms with Gasteiger partial charge in [0.25, 0.3) is 0 Å². The van der Waals surface area contributed by atoms with Crippen LogP contribution in [0.5, 0.6) is 0 Å². The lowest BCUT2D eigenvalue weighted by molar-refractivity contribution is -0.242. The Hall–Kier alpha value is -0.120. The van der Waals surface area contributed by atoms with E-state index in [0.717, 1.165) is 38.6 Å². The molecular weight excluding hydrogens is 240 g/mol. The van der Waals surface area contributed by atoms with Gasteiger partial charge in [-0.05, 0) is 44.9 Å². The molecule has 1 saturated carbocycles. The fraction of sp³-hybridized carbons (Fsp3) is 1.00. The van der Waals surface area contributed by atoms with Crippen molar-refractivity contribution < 1.29 is 14.2 Å². The molecule has 0 aromatic carbocycles. The quantitative estimate of drug-likeness (QED) is 0.761. The molecule has 112 valence electrons. The minimum atomic E-state index is 0.0397. The molecule has 2 fully saturated rings. The predicted octanol–water partition coefficient (Wildman–Crippen LogP) is 3.76. The standard InChI is InChI=1S/C16H30O3/c1-4-6-15-18-11-16(3,12-19-15)13-7-9-14(10-8-13)17-5-2/h13-15H,4-12H2,1-3H3/t13?,14?,15-,16+. The molecule has 19 heavy (non-hydrogen) atoms. The molecular formula is C16H30O3. The molecule has 0 N–H and O–H groups in total. The molecule has 2 aliphatic rings. The van der Waals surface area contributed by atoms with Crippen LogP contribution in [-0.2, 0) is 14.2 Å². The van der Waals surface area contributed by atoms with E-state index in [0.29, 0.717) is 6.10 Å². The van der Waals surface area contributed by atoms with Crippen LogP contribution in [0, 0.1) is 11.3 Å². The first-order valence-corrected chi connectivity index (χ1v) is 8.02. The van der Waals surface area contributed by atoms with Crippen molar-refractivity contribution in [3.8, 4) is 0 Å². The third-order valence-electron chi connectivity index (χ3n) is 4.78. The zero-order chi connectivity index (χ0) is 13.7. The van der Waals surface area contributed by atoms with Gasteiger partial charge in [-0.25, -0.2) is 0 Å². The van der Waals surface area contributed by atoms with Crippen LogP contribution in [0.3, 0.4) is 0 Å². The molecule has 0 spiro atoms. The van der Waals surface area contributed by atoms with E-state index >= 15 is 0 Å². The highest BCUT2D eigenvalue weighted by atomic mass is 16.7. The Morgan fingerprint density at radius 2 is 1.68 bits per heavy atom. The molecule has 3 nitrogen and oxygen atoms in total. The molecule has 1 saturated heterocycles. The predicted molar refractivity (Wildman–Crippen MR) is 76.1 cm³/mol. The van der Waals surface area contributed by atoms with E-state index in [-0.39, 0.29) is 11.7 Å². The van der Waals surface area contributed by atoms with Crippen molar-refractivity contribution in [3.05, 3.63) is 0 Å². The number of ether oxygens (including phenoxy) is 3. The SMILES string of the molecule is CCC[C@H]1OC[C@@](C)(C2CCC(OCC)CC2)CO1. The molecule has 2 rings (SSSR count). The lowest BCUT2D eigenvalue weighted by Gasteiger charge is -2.45. The van der Waals surface area contributed by atoms with Gasteiger partial charge < -0.3 is 14.2 Å². The van der Waals surface area contributed by atoms with Crippen molar-refractivity contribution in [2.75, 3.05) is 19.8 Å². The highest BCUT2D eigenvalue weighted by molar-refractivity contribution is 4.88. The van der Waals surface area contributed by atoms with Crippen molar-refractivity contribution in [1.29, 1.82) is 0 Å². The van der Waals surface area contributed by atoms with Gasteiger partial charge in [-0.2, -0.15) is 0 Å². The highest BCUT2D eigenvalue weighted by Gasteiger charge is 2.40. The maximum atomic E-state index is 5.91. The summed E-state index contributed by atoms with van der Waals surface area (Å²) in [7, 11) is 0. The fourth-order valence-electron chi connectivity index (χ4n) is 3.46. The summed E-state index contributed by atoms with van der Waals surface area (Å²) >= 11 is 0. The number of rotatable bonds is 5. The van der Waals surface area contributed by atoms with E-state index in [4.69, 9.17) is 14.2 Å². The van der Waals surface area contributed by atoms with Gasteiger partial charge in [-0.3, -0.25) is 0 Å². The molecule has 0 radical (unpaired) electrons. The molecule has 0 bridgehead atoms. The summed E-state index contributed by atoms with van der Waals surface area (Å²) in [5.74, 6) is 0.729. The van der Waals surface area contributed by atoms with Crippen molar-refractivity contribution in [3.63, 3.8) is 0 Å². The molecule has 0 atom stereocenters. The summed E-state index contributed by atoms with van der Waals surface area (Å²) in [5, 5.41) is 0. The summed E-state index contributed by atoms with van der Waals surface area (Å²) in [6.45, 7) is 9.17. The average Bonchev–Trinajstić information content (AvgIpc) is 2.43. The molecule has 1 aliphatic heterocycles. The van der Waals surface area contributed by atoms with Crippen LogP contribution >= 0.6 is 0 Å². The Morgan fingerprint density at radius 1 is 1.05 bits per heavy atom. The Morgan fingerprint density at radius 3 is 2.21 bits per heavy atom. The second kappa shape index (κ2) is 7.05. The second-order valence-electron chi connectivity index (χ2n) is 6.42. The van der Waals surface area contributed by atoms with Crippen LogP contribution in [0.4, 0.5) is 0 Å². The summed E-state index contributed by atoms with van der Waals surface area (Å²) in [4.78, 5) is 0. The van der Waals surface area contributed by atoms with Crippen LogP contribution < -0.4 is 0 Å². The van der Waals surface area contributed by atoms with Gasteiger partial charge in [-0.1, -0.05) is 20.3 Å². The van der Waals surface area contributed by atoms with Gasteiger partial charge in [0.15, 0.2) is 6.29 Å². The second-order valence-corrected chi connectivity index (χ2v) is 6.42. The maximum absolute atomic E-state index is 5.91. The largest absolute Gasteiger partial charge is 0.379 e. The van der Waals surface area contributed by atoms with Gasteiger partial charge in [0.1, 0.15) is 0 Å². The third-order valence-corrected chi connectivity index (χ3v) is 4.78. The minimum Gasteiger partial charge on any atom is -0.379 e. The molecule has 0 aromatic heterocycles. The van der Waals surface area contributed by atoms with Gasteiger partial charge >= 0.3 is 0 Å². The first-order chi connectivity index (χ1) is 9.18. The number of hydrogen-bond donors (Lipinski definition) is 0. The van der Waals surface area contributed by atoms with E-state index in [1.54, 1.807) is 0 Å². The van der Waals surface area contributed by atoms with E-state index < -0.39 is 0 Å². The van der Waals surface area contributed by atoms with Gasteiger partial charge in [-0.15, -0.1) is 0 Å². The maximum Gasteiger partial charge on any atom is 0.157 e. The van der Waals surface area contributed by atoms with Crippen LogP contribution in [0.1, 0.15) is 59.3 Å². The smallest absolute Gasteiger partial charge is 0.157 e. The molecule has 0 amide bonds. The molecule has 0 unspecified atom stereocenters. The first-order valence-electron chi connectivity index (χ1n) is 8.02. The van der Waals surface area contributed by atoms with Crippen LogP contribution in [0.25, 0.3) is 0 Å². The zero-order valence-electron chi connectivity index (χ0n) is 12.8. The van der Waals surface area contributed by atoms with Crippen LogP contribution in [0.15, 0.2) is 0 Å². The summed E-state index contributed by atoms with van der Waals surface area (Å²) < 4.78 is 17.6. The van der Waals surface area contributed by atoms with Crippen molar-refractivity contribution >= 4 is 0 Å². The molecule has 1 heterocycles. The Bertz CT molecular complexity index is 251. The van der Waals surface area contributed by atoms with Crippen LogP contribution in [-0.4, -0.2) is 32.2 Å². The van der Waals surface area contributed by atoms with Crippen molar-refractivity contribution in [1.82, 2.24) is 0 Å². The summed E-state index contributed by atoms with van der Waals surface area (Å²) in [6.07, 6.45) is 7.59. The average molecular weight is 270 g/mol. The van der Waals surface area contributed by atoms with E-state index in [1.807, 2.05) is 0 Å². The summed E-state index contributed by atoms with van der Waals surface area (Å²) in [6, 6.07) is 0. The van der Waals surface area contributed by atoms with Crippen molar-refractivity contribution in [2.45, 2.75) is 71.7 Å². The third kappa shape index (κ3) is 3.93. The molecule has 0 aromatic rings. The Kier molecular flexibility index (Phi) is 5.67. The van der Waals surface area contributed by atoms with E-state index in [9.17, 15) is 0 Å². The van der Waals surface area contributed by atoms with Gasteiger partial charge in [0.2, 0.25) is 0 Å². The highest BCUT2D eigenvalue weighted by Crippen LogP contribution is 2.42. The Balaban J connectivity index is 1.79. The number of hydrogen-bond acceptors (Lipinski definition) is 3. The van der Waals surface area contributed by atoms with Crippen LogP contribution in [0.2, 0.25) is 0 Å². The van der Waals surface area contributed by atoms with Gasteiger partial charge in [0.05, 0.1) is 19.3 Å². The lowest BCUT2D eigenvalue weighted by atomic mass is 9.70. The van der Waals surface area contributed by atoms with Gasteiger partial charge in [0, 0.05) is 12.0 Å². The monoisotopic (exact) mass is 270 g/mol. The Labute approximate surface area is 118 Å². The van der Waals surface area contributed by atoms with Crippen molar-refractivity contribution in [2.24, 2.45) is 11.3 Å². The fourth-order valence-corrected chi connectivity index (χ4v) is 3.46. The minimum absolute atomic E-state index is 0.0397.